The summed E-state index contributed by atoms with van der Waals surface area (Å²) < 4.78 is 1.59. The van der Waals surface area contributed by atoms with Crippen LogP contribution in [0.25, 0.3) is 10.9 Å². The fourth-order valence-corrected chi connectivity index (χ4v) is 1.54. The number of anilines is 1. The Hall–Kier alpha value is -1.75. The van der Waals surface area contributed by atoms with E-state index in [4.69, 9.17) is 10.8 Å². The van der Waals surface area contributed by atoms with Gasteiger partial charge >= 0.3 is 0 Å². The van der Waals surface area contributed by atoms with Crippen LogP contribution < -0.4 is 11.3 Å². The number of fused-ring (bicyclic) bond motifs is 1. The predicted molar refractivity (Wildman–Crippen MR) is 54.1 cm³/mol. The summed E-state index contributed by atoms with van der Waals surface area (Å²) in [5.41, 5.74) is 6.64. The van der Waals surface area contributed by atoms with E-state index in [1.54, 1.807) is 22.9 Å². The maximum absolute atomic E-state index is 11.5. The molecule has 1 heterocycles. The number of nitrogens with two attached hydrogens (primary N) is 1. The molecule has 2 aromatic rings. The molecule has 5 heteroatoms. The second-order valence-electron chi connectivity index (χ2n) is 3.06. The largest absolute Gasteiger partial charge is 0.398 e. The quantitative estimate of drug-likeness (QED) is 0.582. The Morgan fingerprint density at radius 3 is 3.00 bits per heavy atom. The first-order valence-electron chi connectivity index (χ1n) is 4.32. The first kappa shape index (κ1) is 8.83. The van der Waals surface area contributed by atoms with Crippen molar-refractivity contribution in [2.45, 2.75) is 6.54 Å². The minimum atomic E-state index is -0.216. The molecule has 4 N–H and O–H groups in total. The molecule has 0 radical (unpaired) electrons. The number of H-pyrrole nitrogens is 1. The van der Waals surface area contributed by atoms with E-state index >= 15 is 0 Å². The van der Waals surface area contributed by atoms with Crippen LogP contribution in [0.5, 0.6) is 0 Å². The Kier molecular flexibility index (Phi) is 2.01. The molecule has 0 amide bonds. The van der Waals surface area contributed by atoms with Gasteiger partial charge in [-0.25, -0.2) is 0 Å². The first-order valence-corrected chi connectivity index (χ1v) is 4.32. The van der Waals surface area contributed by atoms with Crippen molar-refractivity contribution in [3.05, 3.63) is 28.6 Å². The molecule has 0 aliphatic rings. The van der Waals surface area contributed by atoms with Gasteiger partial charge in [-0.1, -0.05) is 6.07 Å². The van der Waals surface area contributed by atoms with E-state index in [2.05, 4.69) is 5.10 Å². The molecule has 5 nitrogen and oxygen atoms in total. The number of nitrogens with zero attached hydrogens (tertiary/aromatic N) is 1. The van der Waals surface area contributed by atoms with Crippen LogP contribution in [0.1, 0.15) is 0 Å². The minimum absolute atomic E-state index is 0.0193. The Morgan fingerprint density at radius 1 is 1.50 bits per heavy atom. The van der Waals surface area contributed by atoms with E-state index in [1.807, 2.05) is 0 Å². The van der Waals surface area contributed by atoms with Crippen molar-refractivity contribution in [2.24, 2.45) is 0 Å². The number of rotatable bonds is 2. The number of aliphatic hydroxyl groups excluding tert-OH is 1. The molecule has 0 aliphatic carbocycles. The third-order valence-electron chi connectivity index (χ3n) is 2.15. The van der Waals surface area contributed by atoms with Crippen LogP contribution in [0, 0.1) is 0 Å². The lowest BCUT2D eigenvalue weighted by Gasteiger charge is -2.00. The molecule has 0 aliphatic heterocycles. The van der Waals surface area contributed by atoms with Gasteiger partial charge in [0, 0.05) is 5.69 Å². The minimum Gasteiger partial charge on any atom is -0.398 e. The van der Waals surface area contributed by atoms with Crippen molar-refractivity contribution in [1.29, 1.82) is 0 Å². The van der Waals surface area contributed by atoms with E-state index in [0.717, 1.165) is 5.52 Å². The summed E-state index contributed by atoms with van der Waals surface area (Å²) in [4.78, 5) is 11.5. The van der Waals surface area contributed by atoms with Crippen LogP contribution in [-0.2, 0) is 6.54 Å². The number of aliphatic hydroxyl groups is 1. The van der Waals surface area contributed by atoms with Crippen molar-refractivity contribution < 1.29 is 5.11 Å². The van der Waals surface area contributed by atoms with E-state index < -0.39 is 0 Å². The summed E-state index contributed by atoms with van der Waals surface area (Å²) in [6.45, 7) is 0.344. The number of hydrogen-bond donors (Lipinski definition) is 3. The van der Waals surface area contributed by atoms with Gasteiger partial charge in [0.05, 0.1) is 24.1 Å². The summed E-state index contributed by atoms with van der Waals surface area (Å²) in [5, 5.41) is 11.9. The zero-order valence-electron chi connectivity index (χ0n) is 7.53. The molecule has 0 saturated heterocycles. The van der Waals surface area contributed by atoms with Gasteiger partial charge in [0.1, 0.15) is 0 Å². The molecule has 0 fully saturated rings. The van der Waals surface area contributed by atoms with Crippen LogP contribution in [-0.4, -0.2) is 21.5 Å². The smallest absolute Gasteiger partial charge is 0.274 e. The van der Waals surface area contributed by atoms with E-state index in [1.165, 1.54) is 0 Å². The highest BCUT2D eigenvalue weighted by atomic mass is 16.3. The number of nitrogens with one attached hydrogen (secondary N) is 1. The third-order valence-corrected chi connectivity index (χ3v) is 2.15. The van der Waals surface area contributed by atoms with Gasteiger partial charge in [-0.3, -0.25) is 14.6 Å². The lowest BCUT2D eigenvalue weighted by atomic mass is 10.2. The molecule has 1 aromatic heterocycles. The predicted octanol–water partition coefficient (Wildman–Crippen LogP) is -0.0959. The Bertz CT molecular complexity index is 512. The number of benzene rings is 1. The second-order valence-corrected chi connectivity index (χ2v) is 3.06. The van der Waals surface area contributed by atoms with Gasteiger partial charge in [0.15, 0.2) is 0 Å². The number of hydrogen-bond acceptors (Lipinski definition) is 3. The summed E-state index contributed by atoms with van der Waals surface area (Å²) >= 11 is 0. The van der Waals surface area contributed by atoms with Crippen molar-refractivity contribution in [3.8, 4) is 0 Å². The summed E-state index contributed by atoms with van der Waals surface area (Å²) in [7, 11) is 0. The van der Waals surface area contributed by atoms with Crippen LogP contribution in [0.2, 0.25) is 0 Å². The lowest BCUT2D eigenvalue weighted by molar-refractivity contribution is 0.271. The van der Waals surface area contributed by atoms with Crippen molar-refractivity contribution in [2.75, 3.05) is 12.3 Å². The van der Waals surface area contributed by atoms with Gasteiger partial charge in [0.25, 0.3) is 5.56 Å². The molecule has 2 rings (SSSR count). The van der Waals surface area contributed by atoms with Crippen molar-refractivity contribution >= 4 is 16.6 Å². The maximum Gasteiger partial charge on any atom is 0.274 e. The molecule has 74 valence electrons. The number of aromatic amines is 1. The first-order chi connectivity index (χ1) is 6.74. The molecule has 1 aromatic carbocycles. The van der Waals surface area contributed by atoms with Gasteiger partial charge < -0.3 is 10.8 Å². The number of nitrogen functional groups attached to an aromatic ring is 1. The molecular formula is C9H11N3O2. The van der Waals surface area contributed by atoms with E-state index in [-0.39, 0.29) is 12.2 Å². The molecule has 0 unspecified atom stereocenters. The van der Waals surface area contributed by atoms with Crippen LogP contribution in [0.15, 0.2) is 23.0 Å². The molecule has 0 saturated carbocycles. The topological polar surface area (TPSA) is 84.0 Å². The highest BCUT2D eigenvalue weighted by Gasteiger charge is 2.07. The Labute approximate surface area is 79.7 Å². The number of aromatic nitrogens is 2. The summed E-state index contributed by atoms with van der Waals surface area (Å²) in [6, 6.07) is 5.25. The fourth-order valence-electron chi connectivity index (χ4n) is 1.54. The molecule has 0 bridgehead atoms. The average Bonchev–Trinajstić information content (AvgIpc) is 2.46. The Morgan fingerprint density at radius 2 is 2.29 bits per heavy atom. The normalized spacial score (nSPS) is 10.9. The van der Waals surface area contributed by atoms with Gasteiger partial charge in [-0.15, -0.1) is 0 Å². The lowest BCUT2D eigenvalue weighted by Crippen LogP contribution is -2.08. The Balaban J connectivity index is 2.77. The van der Waals surface area contributed by atoms with Crippen LogP contribution >= 0.6 is 0 Å². The molecule has 14 heavy (non-hydrogen) atoms. The maximum atomic E-state index is 11.5. The second kappa shape index (κ2) is 3.19. The SMILES string of the molecule is Nc1cccc2c1c(=O)[nH]n2CCO. The van der Waals surface area contributed by atoms with Crippen LogP contribution in [0.3, 0.4) is 0 Å². The van der Waals surface area contributed by atoms with Gasteiger partial charge in [0.2, 0.25) is 0 Å². The van der Waals surface area contributed by atoms with Gasteiger partial charge in [-0.05, 0) is 12.1 Å². The molecule has 0 atom stereocenters. The van der Waals surface area contributed by atoms with Crippen molar-refractivity contribution in [1.82, 2.24) is 9.78 Å². The zero-order chi connectivity index (χ0) is 10.1. The van der Waals surface area contributed by atoms with Gasteiger partial charge in [-0.2, -0.15) is 0 Å². The van der Waals surface area contributed by atoms with Crippen molar-refractivity contribution in [3.63, 3.8) is 0 Å². The average molecular weight is 193 g/mol. The summed E-state index contributed by atoms with van der Waals surface area (Å²) in [5.74, 6) is 0. The monoisotopic (exact) mass is 193 g/mol. The highest BCUT2D eigenvalue weighted by Crippen LogP contribution is 2.16. The molecular weight excluding hydrogens is 182 g/mol. The summed E-state index contributed by atoms with van der Waals surface area (Å²) in [6.07, 6.45) is 0. The highest BCUT2D eigenvalue weighted by molar-refractivity contribution is 5.89. The van der Waals surface area contributed by atoms with Crippen LogP contribution in [0.4, 0.5) is 5.69 Å². The molecule has 0 spiro atoms. The third kappa shape index (κ3) is 1.18. The fraction of sp³-hybridized carbons (Fsp3) is 0.222. The standard InChI is InChI=1S/C9H11N3O2/c10-6-2-1-3-7-8(6)9(14)11-12(7)4-5-13/h1-3,13H,4-5,10H2,(H,11,14). The zero-order valence-corrected chi connectivity index (χ0v) is 7.53. The van der Waals surface area contributed by atoms with E-state index in [0.29, 0.717) is 17.6 Å². The van der Waals surface area contributed by atoms with E-state index in [9.17, 15) is 4.79 Å².